The molecule has 0 spiro atoms. The van der Waals surface area contributed by atoms with Crippen LogP contribution in [0.1, 0.15) is 36.6 Å². The average molecular weight is 241 g/mol. The molecular formula is C14H15N3O. The minimum atomic E-state index is 0.0936. The van der Waals surface area contributed by atoms with E-state index in [2.05, 4.69) is 15.6 Å². The third-order valence-corrected chi connectivity index (χ3v) is 3.59. The lowest BCUT2D eigenvalue weighted by molar-refractivity contribution is -0.0295. The Hall–Kier alpha value is -1.86. The molecule has 1 aromatic carbocycles. The lowest BCUT2D eigenvalue weighted by atomic mass is 10.1. The van der Waals surface area contributed by atoms with E-state index in [1.165, 1.54) is 6.42 Å². The summed E-state index contributed by atoms with van der Waals surface area (Å²) in [5.74, 6) is 0. The molecule has 3 rings (SSSR count). The van der Waals surface area contributed by atoms with E-state index in [-0.39, 0.29) is 6.23 Å². The maximum absolute atomic E-state index is 9.02. The first kappa shape index (κ1) is 11.2. The molecule has 0 saturated carbocycles. The average Bonchev–Trinajstić information content (AvgIpc) is 2.85. The van der Waals surface area contributed by atoms with Gasteiger partial charge in [-0.1, -0.05) is 0 Å². The van der Waals surface area contributed by atoms with Gasteiger partial charge in [0.05, 0.1) is 29.0 Å². The smallest absolute Gasteiger partial charge is 0.135 e. The van der Waals surface area contributed by atoms with E-state index in [9.17, 15) is 0 Å². The summed E-state index contributed by atoms with van der Waals surface area (Å²) in [6.45, 7) is 2.76. The van der Waals surface area contributed by atoms with Crippen molar-refractivity contribution in [2.75, 3.05) is 6.61 Å². The van der Waals surface area contributed by atoms with Crippen molar-refractivity contribution in [3.8, 4) is 6.07 Å². The Bertz CT molecular complexity index is 618. The van der Waals surface area contributed by atoms with E-state index >= 15 is 0 Å². The molecule has 0 radical (unpaired) electrons. The highest BCUT2D eigenvalue weighted by Gasteiger charge is 2.18. The zero-order chi connectivity index (χ0) is 12.5. The largest absolute Gasteiger partial charge is 0.358 e. The Kier molecular flexibility index (Phi) is 2.77. The van der Waals surface area contributed by atoms with Crippen LogP contribution in [-0.2, 0) is 4.74 Å². The minimum Gasteiger partial charge on any atom is -0.358 e. The van der Waals surface area contributed by atoms with Crippen molar-refractivity contribution < 1.29 is 4.74 Å². The molecule has 1 fully saturated rings. The van der Waals surface area contributed by atoms with Gasteiger partial charge in [0.2, 0.25) is 0 Å². The lowest BCUT2D eigenvalue weighted by Gasteiger charge is -2.24. The number of aromatic nitrogens is 2. The van der Waals surface area contributed by atoms with Crippen LogP contribution in [0.4, 0.5) is 0 Å². The monoisotopic (exact) mass is 241 g/mol. The second-order valence-corrected chi connectivity index (χ2v) is 4.69. The van der Waals surface area contributed by atoms with E-state index in [1.54, 1.807) is 0 Å². The van der Waals surface area contributed by atoms with Gasteiger partial charge in [0.15, 0.2) is 0 Å². The second-order valence-electron chi connectivity index (χ2n) is 4.69. The fourth-order valence-corrected chi connectivity index (χ4v) is 2.53. The molecule has 92 valence electrons. The molecule has 2 aromatic rings. The Labute approximate surface area is 106 Å². The van der Waals surface area contributed by atoms with Gasteiger partial charge < -0.3 is 9.30 Å². The number of imidazole rings is 1. The molecule has 1 unspecified atom stereocenters. The fraction of sp³-hybridized carbons (Fsp3) is 0.429. The molecule has 1 aromatic heterocycles. The fourth-order valence-electron chi connectivity index (χ4n) is 2.53. The number of aryl methyl sites for hydroxylation is 1. The van der Waals surface area contributed by atoms with Crippen LogP contribution in [0.15, 0.2) is 18.5 Å². The summed E-state index contributed by atoms with van der Waals surface area (Å²) in [6.07, 6.45) is 5.29. The number of rotatable bonds is 1. The molecule has 0 bridgehead atoms. The quantitative estimate of drug-likeness (QED) is 0.771. The van der Waals surface area contributed by atoms with Gasteiger partial charge in [-0.15, -0.1) is 0 Å². The number of fused-ring (bicyclic) bond motifs is 1. The molecule has 0 aliphatic carbocycles. The Balaban J connectivity index is 2.10. The number of hydrogen-bond acceptors (Lipinski definition) is 3. The highest BCUT2D eigenvalue weighted by Crippen LogP contribution is 2.28. The summed E-state index contributed by atoms with van der Waals surface area (Å²) in [6, 6.07) is 6.02. The Morgan fingerprint density at radius 1 is 1.44 bits per heavy atom. The Morgan fingerprint density at radius 3 is 3.06 bits per heavy atom. The minimum absolute atomic E-state index is 0.0936. The zero-order valence-corrected chi connectivity index (χ0v) is 10.4. The summed E-state index contributed by atoms with van der Waals surface area (Å²) in [7, 11) is 0. The van der Waals surface area contributed by atoms with Gasteiger partial charge in [0, 0.05) is 6.61 Å². The summed E-state index contributed by atoms with van der Waals surface area (Å²) < 4.78 is 7.87. The van der Waals surface area contributed by atoms with Crippen molar-refractivity contribution in [3.05, 3.63) is 29.6 Å². The van der Waals surface area contributed by atoms with Gasteiger partial charge in [-0.25, -0.2) is 4.98 Å². The maximum atomic E-state index is 9.02. The van der Waals surface area contributed by atoms with Crippen LogP contribution in [-0.4, -0.2) is 16.2 Å². The van der Waals surface area contributed by atoms with Crippen molar-refractivity contribution in [2.24, 2.45) is 0 Å². The molecular weight excluding hydrogens is 226 g/mol. The predicted molar refractivity (Wildman–Crippen MR) is 68.0 cm³/mol. The standard InChI is InChI=1S/C14H15N3O/c1-10-11(8-15)5-6-12-14(10)16-9-17(12)13-4-2-3-7-18-13/h5-6,9,13H,2-4,7H2,1H3. The lowest BCUT2D eigenvalue weighted by Crippen LogP contribution is -2.17. The predicted octanol–water partition coefficient (Wildman–Crippen LogP) is 2.92. The summed E-state index contributed by atoms with van der Waals surface area (Å²) in [5.41, 5.74) is 3.60. The maximum Gasteiger partial charge on any atom is 0.135 e. The molecule has 18 heavy (non-hydrogen) atoms. The van der Waals surface area contributed by atoms with Gasteiger partial charge in [0.1, 0.15) is 6.23 Å². The van der Waals surface area contributed by atoms with Crippen LogP contribution in [0.3, 0.4) is 0 Å². The molecule has 0 N–H and O–H groups in total. The summed E-state index contributed by atoms with van der Waals surface area (Å²) in [5, 5.41) is 9.02. The number of ether oxygens (including phenoxy) is 1. The van der Waals surface area contributed by atoms with E-state index < -0.39 is 0 Å². The summed E-state index contributed by atoms with van der Waals surface area (Å²) >= 11 is 0. The van der Waals surface area contributed by atoms with Crippen molar-refractivity contribution in [1.82, 2.24) is 9.55 Å². The number of benzene rings is 1. The van der Waals surface area contributed by atoms with Crippen LogP contribution in [0.2, 0.25) is 0 Å². The number of nitriles is 1. The van der Waals surface area contributed by atoms with Crippen molar-refractivity contribution >= 4 is 11.0 Å². The van der Waals surface area contributed by atoms with Crippen LogP contribution < -0.4 is 0 Å². The van der Waals surface area contributed by atoms with Crippen molar-refractivity contribution in [1.29, 1.82) is 5.26 Å². The van der Waals surface area contributed by atoms with Gasteiger partial charge in [-0.3, -0.25) is 0 Å². The van der Waals surface area contributed by atoms with Gasteiger partial charge in [0.25, 0.3) is 0 Å². The van der Waals surface area contributed by atoms with E-state index in [4.69, 9.17) is 10.00 Å². The van der Waals surface area contributed by atoms with E-state index in [0.29, 0.717) is 5.56 Å². The normalized spacial score (nSPS) is 19.9. The van der Waals surface area contributed by atoms with E-state index in [1.807, 2.05) is 25.4 Å². The van der Waals surface area contributed by atoms with Crippen LogP contribution in [0, 0.1) is 18.3 Å². The molecule has 4 nitrogen and oxygen atoms in total. The summed E-state index contributed by atoms with van der Waals surface area (Å²) in [4.78, 5) is 4.43. The highest BCUT2D eigenvalue weighted by molar-refractivity contribution is 5.81. The highest BCUT2D eigenvalue weighted by atomic mass is 16.5. The molecule has 4 heteroatoms. The first-order chi connectivity index (χ1) is 8.81. The van der Waals surface area contributed by atoms with Gasteiger partial charge in [-0.05, 0) is 43.9 Å². The van der Waals surface area contributed by atoms with Crippen LogP contribution >= 0.6 is 0 Å². The van der Waals surface area contributed by atoms with E-state index in [0.717, 1.165) is 36.0 Å². The van der Waals surface area contributed by atoms with Gasteiger partial charge >= 0.3 is 0 Å². The second kappa shape index (κ2) is 4.43. The van der Waals surface area contributed by atoms with Gasteiger partial charge in [-0.2, -0.15) is 5.26 Å². The molecule has 1 atom stereocenters. The third kappa shape index (κ3) is 1.68. The van der Waals surface area contributed by atoms with Crippen LogP contribution in [0.5, 0.6) is 0 Å². The molecule has 1 saturated heterocycles. The molecule has 2 heterocycles. The topological polar surface area (TPSA) is 50.8 Å². The SMILES string of the molecule is Cc1c(C#N)ccc2c1ncn2C1CCCCO1. The number of hydrogen-bond donors (Lipinski definition) is 0. The number of nitrogens with zero attached hydrogens (tertiary/aromatic N) is 3. The third-order valence-electron chi connectivity index (χ3n) is 3.59. The first-order valence-corrected chi connectivity index (χ1v) is 6.29. The molecule has 1 aliphatic rings. The first-order valence-electron chi connectivity index (χ1n) is 6.29. The molecule has 1 aliphatic heterocycles. The molecule has 0 amide bonds. The Morgan fingerprint density at radius 2 is 2.33 bits per heavy atom. The van der Waals surface area contributed by atoms with Crippen molar-refractivity contribution in [3.63, 3.8) is 0 Å². The van der Waals surface area contributed by atoms with Crippen molar-refractivity contribution in [2.45, 2.75) is 32.4 Å². The van der Waals surface area contributed by atoms with Crippen LogP contribution in [0.25, 0.3) is 11.0 Å². The zero-order valence-electron chi connectivity index (χ0n) is 10.4.